The molecular formula is C57H75BClO9P2. The normalized spacial score (nSPS) is 27.6. The molecule has 0 amide bonds. The standard InChI is InChI=1S/C35H40O5.C22H32O4.BClH3P2/c1-37-32-13-7-11-27-21-30-28(22-31(27)32)23-33(29(30)12-8-20-39-34-14-5-6-19-38-34)40-35(36)26-17-15-25(16-18-26)24-9-3-2-4-10-24;1-24-21-8-4-6-15-12-18-16(13-19(15)21)14-20(23)17(18)7-5-11-26-22-9-2-3-10-25-22;2-4-1-3/h2-4,7,9-11,13,15-18,28-30,33-34H,5-6,8,12,14,19-23H2,1H3;4,6,8,16-18,20,22-23H,2-3,5,7,9-14H2,1H3;4H,3H2/t28?,29-,30+,33-,34?;16?,17-,18+,20-,22?;/m11./s1. The Morgan fingerprint density at radius 2 is 1.21 bits per heavy atom. The van der Waals surface area contributed by atoms with Gasteiger partial charge in [-0.1, -0.05) is 74.5 Å². The molecule has 2 saturated carbocycles. The Labute approximate surface area is 427 Å². The lowest BCUT2D eigenvalue weighted by atomic mass is 9.73. The van der Waals surface area contributed by atoms with E-state index >= 15 is 0 Å². The molecular weight excluding hydrogens is 937 g/mol. The van der Waals surface area contributed by atoms with E-state index in [2.05, 4.69) is 57.6 Å². The van der Waals surface area contributed by atoms with E-state index < -0.39 is 0 Å². The van der Waals surface area contributed by atoms with Crippen molar-refractivity contribution >= 4 is 40.9 Å². The molecule has 4 aromatic rings. The first-order valence-corrected chi connectivity index (χ1v) is 28.8. The van der Waals surface area contributed by atoms with Gasteiger partial charge in [-0.15, -0.1) is 11.2 Å². The van der Waals surface area contributed by atoms with Crippen LogP contribution in [0.3, 0.4) is 0 Å². The highest BCUT2D eigenvalue weighted by Gasteiger charge is 2.48. The molecule has 4 aromatic carbocycles. The van der Waals surface area contributed by atoms with Crippen LogP contribution in [0.5, 0.6) is 11.5 Å². The number of hydrogen-bond donors (Lipinski definition) is 1. The van der Waals surface area contributed by atoms with Crippen molar-refractivity contribution in [3.8, 4) is 22.6 Å². The van der Waals surface area contributed by atoms with Crippen LogP contribution in [-0.2, 0) is 49.4 Å². The highest BCUT2D eigenvalue weighted by atomic mass is 35.7. The van der Waals surface area contributed by atoms with E-state index in [4.69, 9.17) is 44.4 Å². The molecule has 6 unspecified atom stereocenters. The minimum atomic E-state index is -0.227. The van der Waals surface area contributed by atoms with Gasteiger partial charge in [0.2, 0.25) is 0 Å². The minimum Gasteiger partial charge on any atom is -0.496 e. The molecule has 2 heterocycles. The number of carbonyl (C=O) groups is 1. The van der Waals surface area contributed by atoms with Gasteiger partial charge in [-0.05, 0) is 196 Å². The molecule has 10 rings (SSSR count). The van der Waals surface area contributed by atoms with Crippen LogP contribution in [0.4, 0.5) is 0 Å². The van der Waals surface area contributed by atoms with Crippen LogP contribution in [-0.4, -0.2) is 83.2 Å². The average molecular weight is 1010 g/mol. The predicted octanol–water partition coefficient (Wildman–Crippen LogP) is 12.2. The second-order valence-electron chi connectivity index (χ2n) is 20.0. The molecule has 4 fully saturated rings. The van der Waals surface area contributed by atoms with Crippen LogP contribution in [0.1, 0.15) is 110 Å². The van der Waals surface area contributed by atoms with Crippen LogP contribution in [0.25, 0.3) is 11.1 Å². The Hall–Kier alpha value is -3.04. The van der Waals surface area contributed by atoms with Crippen LogP contribution in [0, 0.1) is 35.5 Å². The summed E-state index contributed by atoms with van der Waals surface area (Å²) in [6, 6.07) is 30.8. The van der Waals surface area contributed by atoms with Crippen LogP contribution in [0.15, 0.2) is 91.0 Å². The minimum absolute atomic E-state index is 0.000905. The highest BCUT2D eigenvalue weighted by Crippen LogP contribution is 2.50. The number of ether oxygens (including phenoxy) is 7. The van der Waals surface area contributed by atoms with E-state index in [0.29, 0.717) is 55.5 Å². The number of fused-ring (bicyclic) bond motifs is 4. The smallest absolute Gasteiger partial charge is 0.338 e. The van der Waals surface area contributed by atoms with Crippen molar-refractivity contribution in [2.45, 2.75) is 128 Å². The number of aliphatic hydroxyl groups is 1. The summed E-state index contributed by atoms with van der Waals surface area (Å²) in [5.41, 5.74) is 8.32. The maximum atomic E-state index is 13.4. The Kier molecular flexibility index (Phi) is 20.8. The van der Waals surface area contributed by atoms with E-state index in [0.717, 1.165) is 132 Å². The van der Waals surface area contributed by atoms with Gasteiger partial charge in [0.05, 0.1) is 25.9 Å². The summed E-state index contributed by atoms with van der Waals surface area (Å²) in [4.78, 5) is 13.4. The molecule has 4 aliphatic carbocycles. The van der Waals surface area contributed by atoms with Crippen molar-refractivity contribution < 1.29 is 43.1 Å². The summed E-state index contributed by atoms with van der Waals surface area (Å²) >= 11 is 5.14. The Balaban J connectivity index is 0.000000189. The number of aliphatic hydroxyl groups excluding tert-OH is 1. The summed E-state index contributed by atoms with van der Waals surface area (Å²) in [7, 11) is 6.37. The third-order valence-electron chi connectivity index (χ3n) is 15.9. The van der Waals surface area contributed by atoms with E-state index in [1.807, 2.05) is 49.2 Å². The Morgan fingerprint density at radius 1 is 0.686 bits per heavy atom. The topological polar surface area (TPSA) is 102 Å². The van der Waals surface area contributed by atoms with Crippen LogP contribution < -0.4 is 9.47 Å². The molecule has 2 saturated heterocycles. The van der Waals surface area contributed by atoms with E-state index in [1.165, 1.54) is 35.1 Å². The van der Waals surface area contributed by atoms with Crippen molar-refractivity contribution in [1.29, 1.82) is 0 Å². The van der Waals surface area contributed by atoms with Crippen LogP contribution in [0.2, 0.25) is 0 Å². The monoisotopic (exact) mass is 1010 g/mol. The van der Waals surface area contributed by atoms with Gasteiger partial charge >= 0.3 is 5.97 Å². The lowest BCUT2D eigenvalue weighted by Gasteiger charge is -2.32. The molecule has 6 aliphatic rings. The molecule has 0 spiro atoms. The average Bonchev–Trinajstić information content (AvgIpc) is 3.91. The molecule has 0 aromatic heterocycles. The van der Waals surface area contributed by atoms with Gasteiger partial charge < -0.3 is 38.3 Å². The molecule has 1 N–H and O–H groups in total. The maximum Gasteiger partial charge on any atom is 0.338 e. The SMILES string of the molecule is COc1cccc2c1CC1C[C@@H](O)[C@H](CCCOC3CCCCO3)[C@H]1C2.COc1cccc2c1CC1C[C@@H](OC(=O)c3ccc(-c4ccccc4)cc3)[C@H](CCCOC3CCCCO3)[C@H]1C2.P[B]PCl. The molecule has 377 valence electrons. The first-order valence-electron chi connectivity index (χ1n) is 26.1. The van der Waals surface area contributed by atoms with Gasteiger partial charge in [0, 0.05) is 26.4 Å². The second-order valence-corrected chi connectivity index (χ2v) is 22.2. The zero-order valence-corrected chi connectivity index (χ0v) is 44.2. The summed E-state index contributed by atoms with van der Waals surface area (Å²) in [5, 5.41) is 10.7. The number of carbonyl (C=O) groups excluding carboxylic acids is 1. The molecule has 2 aliphatic heterocycles. The van der Waals surface area contributed by atoms with E-state index in [9.17, 15) is 9.90 Å². The van der Waals surface area contributed by atoms with Crippen molar-refractivity contribution in [3.63, 3.8) is 0 Å². The van der Waals surface area contributed by atoms with Crippen LogP contribution >= 0.6 is 28.2 Å². The number of methoxy groups -OCH3 is 2. The molecule has 0 bridgehead atoms. The van der Waals surface area contributed by atoms with E-state index in [-0.39, 0.29) is 30.8 Å². The zero-order valence-electron chi connectivity index (χ0n) is 41.3. The molecule has 70 heavy (non-hydrogen) atoms. The third kappa shape index (κ3) is 14.0. The van der Waals surface area contributed by atoms with E-state index in [1.54, 1.807) is 14.2 Å². The van der Waals surface area contributed by atoms with Crippen molar-refractivity contribution in [1.82, 2.24) is 0 Å². The zero-order chi connectivity index (χ0) is 48.7. The molecule has 1 radical (unpaired) electrons. The Bertz CT molecular complexity index is 2210. The number of halogens is 1. The van der Waals surface area contributed by atoms with Crippen molar-refractivity contribution in [3.05, 3.63) is 119 Å². The molecule has 12 atom stereocenters. The highest BCUT2D eigenvalue weighted by molar-refractivity contribution is 8.07. The molecule has 9 nitrogen and oxygen atoms in total. The summed E-state index contributed by atoms with van der Waals surface area (Å²) in [5.74, 6) is 4.63. The van der Waals surface area contributed by atoms with Gasteiger partial charge in [0.15, 0.2) is 19.3 Å². The summed E-state index contributed by atoms with van der Waals surface area (Å²) in [6.45, 7) is 4.89. The Morgan fingerprint density at radius 3 is 1.74 bits per heavy atom. The first kappa shape index (κ1) is 53.3. The predicted molar refractivity (Wildman–Crippen MR) is 285 cm³/mol. The number of esters is 1. The fraction of sp³-hybridized carbons (Fsp3) is 0.561. The fourth-order valence-corrected chi connectivity index (χ4v) is 12.5. The summed E-state index contributed by atoms with van der Waals surface area (Å²) in [6.07, 6.45) is 16.3. The largest absolute Gasteiger partial charge is 0.496 e. The van der Waals surface area contributed by atoms with Crippen molar-refractivity contribution in [2.24, 2.45) is 35.5 Å². The number of rotatable bonds is 16. The van der Waals surface area contributed by atoms with Gasteiger partial charge in [-0.3, -0.25) is 0 Å². The van der Waals surface area contributed by atoms with Gasteiger partial charge in [0.25, 0.3) is 0 Å². The maximum absolute atomic E-state index is 13.4. The van der Waals surface area contributed by atoms with Gasteiger partial charge in [-0.25, -0.2) is 4.79 Å². The fourth-order valence-electron chi connectivity index (χ4n) is 12.5. The van der Waals surface area contributed by atoms with Gasteiger partial charge in [0.1, 0.15) is 17.6 Å². The lowest BCUT2D eigenvalue weighted by molar-refractivity contribution is -0.163. The number of hydrogen-bond acceptors (Lipinski definition) is 9. The first-order chi connectivity index (χ1) is 34.4. The van der Waals surface area contributed by atoms with Gasteiger partial charge in [-0.2, -0.15) is 9.12 Å². The quantitative estimate of drug-likeness (QED) is 0.0509. The van der Waals surface area contributed by atoms with Crippen molar-refractivity contribution in [2.75, 3.05) is 40.6 Å². The molecule has 13 heteroatoms. The third-order valence-corrected chi connectivity index (χ3v) is 17.5. The lowest BCUT2D eigenvalue weighted by Crippen LogP contribution is -2.29. The second kappa shape index (κ2) is 27.3. The number of benzene rings is 4. The summed E-state index contributed by atoms with van der Waals surface area (Å²) < 4.78 is 40.9.